The van der Waals surface area contributed by atoms with E-state index in [1.165, 1.54) is 0 Å². The van der Waals surface area contributed by atoms with Crippen molar-refractivity contribution in [3.8, 4) is 5.75 Å². The van der Waals surface area contributed by atoms with Gasteiger partial charge in [-0.15, -0.1) is 0 Å². The lowest BCUT2D eigenvalue weighted by Gasteiger charge is -2.17. The number of rotatable bonds is 3. The molecule has 0 saturated heterocycles. The Morgan fingerprint density at radius 3 is 2.75 bits per heavy atom. The first-order chi connectivity index (χ1) is 7.65. The molecule has 0 heterocycles. The maximum Gasteiger partial charge on any atom is 0.121 e. The number of benzene rings is 1. The van der Waals surface area contributed by atoms with E-state index in [0.29, 0.717) is 0 Å². The Morgan fingerprint density at radius 2 is 2.12 bits per heavy atom. The van der Waals surface area contributed by atoms with E-state index in [-0.39, 0.29) is 12.2 Å². The Kier molecular flexibility index (Phi) is 3.34. The van der Waals surface area contributed by atoms with Crippen LogP contribution < -0.4 is 9.64 Å². The van der Waals surface area contributed by atoms with Gasteiger partial charge in [-0.2, -0.15) is 0 Å². The van der Waals surface area contributed by atoms with Crippen LogP contribution in [0.1, 0.15) is 19.3 Å². The molecule has 0 radical (unpaired) electrons. The van der Waals surface area contributed by atoms with Gasteiger partial charge in [-0.25, -0.2) is 0 Å². The molecule has 16 heavy (non-hydrogen) atoms. The van der Waals surface area contributed by atoms with Crippen LogP contribution in [0.3, 0.4) is 0 Å². The van der Waals surface area contributed by atoms with Crippen molar-refractivity contribution < 1.29 is 9.84 Å². The summed E-state index contributed by atoms with van der Waals surface area (Å²) in [5.41, 5.74) is 1.14. The first-order valence-corrected chi connectivity index (χ1v) is 5.77. The van der Waals surface area contributed by atoms with E-state index >= 15 is 0 Å². The van der Waals surface area contributed by atoms with Crippen LogP contribution >= 0.6 is 0 Å². The van der Waals surface area contributed by atoms with Crippen LogP contribution in [-0.4, -0.2) is 31.4 Å². The number of aliphatic hydroxyl groups is 1. The number of hydrogen-bond donors (Lipinski definition) is 1. The van der Waals surface area contributed by atoms with Crippen LogP contribution in [-0.2, 0) is 0 Å². The van der Waals surface area contributed by atoms with E-state index in [9.17, 15) is 5.11 Å². The summed E-state index contributed by atoms with van der Waals surface area (Å²) in [6.07, 6.45) is 2.56. The van der Waals surface area contributed by atoms with Crippen LogP contribution in [0.4, 0.5) is 5.69 Å². The average Bonchev–Trinajstić information content (AvgIpc) is 2.64. The molecule has 3 nitrogen and oxygen atoms in total. The first kappa shape index (κ1) is 11.3. The topological polar surface area (TPSA) is 32.7 Å². The zero-order valence-electron chi connectivity index (χ0n) is 9.89. The lowest BCUT2D eigenvalue weighted by Crippen LogP contribution is -2.14. The SMILES string of the molecule is CN(C)c1cccc(OC2CCC(O)C2)c1. The molecule has 0 amide bonds. The number of aliphatic hydroxyl groups excluding tert-OH is 1. The van der Waals surface area contributed by atoms with Gasteiger partial charge in [-0.05, 0) is 25.0 Å². The second kappa shape index (κ2) is 4.74. The van der Waals surface area contributed by atoms with Crippen molar-refractivity contribution in [3.05, 3.63) is 24.3 Å². The van der Waals surface area contributed by atoms with Gasteiger partial charge in [-0.3, -0.25) is 0 Å². The molecule has 1 N–H and O–H groups in total. The van der Waals surface area contributed by atoms with Crippen molar-refractivity contribution in [2.24, 2.45) is 0 Å². The van der Waals surface area contributed by atoms with Crippen LogP contribution in [0, 0.1) is 0 Å². The highest BCUT2D eigenvalue weighted by Gasteiger charge is 2.24. The van der Waals surface area contributed by atoms with Crippen LogP contribution in [0.2, 0.25) is 0 Å². The van der Waals surface area contributed by atoms with Gasteiger partial charge in [0, 0.05) is 32.3 Å². The predicted molar refractivity (Wildman–Crippen MR) is 65.0 cm³/mol. The van der Waals surface area contributed by atoms with E-state index in [0.717, 1.165) is 30.7 Å². The number of hydrogen-bond acceptors (Lipinski definition) is 3. The Balaban J connectivity index is 2.01. The molecule has 1 aromatic carbocycles. The molecule has 2 unspecified atom stereocenters. The summed E-state index contributed by atoms with van der Waals surface area (Å²) in [6, 6.07) is 8.05. The third kappa shape index (κ3) is 2.67. The van der Waals surface area contributed by atoms with Gasteiger partial charge < -0.3 is 14.7 Å². The van der Waals surface area contributed by atoms with E-state index in [4.69, 9.17) is 4.74 Å². The van der Waals surface area contributed by atoms with Gasteiger partial charge in [0.05, 0.1) is 6.10 Å². The minimum absolute atomic E-state index is 0.174. The van der Waals surface area contributed by atoms with E-state index in [1.807, 2.05) is 32.3 Å². The zero-order valence-corrected chi connectivity index (χ0v) is 9.89. The Hall–Kier alpha value is -1.22. The molecule has 3 heteroatoms. The lowest BCUT2D eigenvalue weighted by molar-refractivity contribution is 0.150. The largest absolute Gasteiger partial charge is 0.490 e. The van der Waals surface area contributed by atoms with Gasteiger partial charge in [0.25, 0.3) is 0 Å². The van der Waals surface area contributed by atoms with Crippen molar-refractivity contribution >= 4 is 5.69 Å². The van der Waals surface area contributed by atoms with Gasteiger partial charge in [0.1, 0.15) is 11.9 Å². The molecule has 0 aliphatic heterocycles. The highest BCUT2D eigenvalue weighted by atomic mass is 16.5. The third-order valence-corrected chi connectivity index (χ3v) is 2.99. The maximum atomic E-state index is 9.43. The number of nitrogens with zero attached hydrogens (tertiary/aromatic N) is 1. The molecule has 1 aliphatic rings. The summed E-state index contributed by atoms with van der Waals surface area (Å²) in [6.45, 7) is 0. The summed E-state index contributed by atoms with van der Waals surface area (Å²) in [7, 11) is 4.02. The Morgan fingerprint density at radius 1 is 1.31 bits per heavy atom. The smallest absolute Gasteiger partial charge is 0.121 e. The molecule has 0 aromatic heterocycles. The van der Waals surface area contributed by atoms with Crippen LogP contribution in [0.15, 0.2) is 24.3 Å². The fourth-order valence-electron chi connectivity index (χ4n) is 2.05. The van der Waals surface area contributed by atoms with Crippen molar-refractivity contribution in [1.82, 2.24) is 0 Å². The average molecular weight is 221 g/mol. The molecule has 1 saturated carbocycles. The summed E-state index contributed by atoms with van der Waals surface area (Å²) >= 11 is 0. The predicted octanol–water partition coefficient (Wildman–Crippen LogP) is 2.04. The number of ether oxygens (including phenoxy) is 1. The zero-order chi connectivity index (χ0) is 11.5. The third-order valence-electron chi connectivity index (χ3n) is 2.99. The summed E-state index contributed by atoms with van der Waals surface area (Å²) in [4.78, 5) is 2.05. The molecule has 0 spiro atoms. The second-order valence-electron chi connectivity index (χ2n) is 4.60. The molecule has 2 atom stereocenters. The highest BCUT2D eigenvalue weighted by molar-refractivity contribution is 5.49. The molecule has 1 aliphatic carbocycles. The van der Waals surface area contributed by atoms with E-state index in [2.05, 4.69) is 11.0 Å². The van der Waals surface area contributed by atoms with Gasteiger partial charge in [0.15, 0.2) is 0 Å². The standard InChI is InChI=1S/C13H19NO2/c1-14(2)10-4-3-5-12(8-10)16-13-7-6-11(15)9-13/h3-5,8,11,13,15H,6-7,9H2,1-2H3. The second-order valence-corrected chi connectivity index (χ2v) is 4.60. The van der Waals surface area contributed by atoms with Crippen molar-refractivity contribution in [2.75, 3.05) is 19.0 Å². The maximum absolute atomic E-state index is 9.43. The normalized spacial score (nSPS) is 24.4. The Labute approximate surface area is 96.6 Å². The van der Waals surface area contributed by atoms with Crippen LogP contribution in [0.25, 0.3) is 0 Å². The summed E-state index contributed by atoms with van der Waals surface area (Å²) in [5, 5.41) is 9.43. The molecule has 2 rings (SSSR count). The first-order valence-electron chi connectivity index (χ1n) is 5.77. The highest BCUT2D eigenvalue weighted by Crippen LogP contribution is 2.26. The van der Waals surface area contributed by atoms with E-state index in [1.54, 1.807) is 0 Å². The summed E-state index contributed by atoms with van der Waals surface area (Å²) in [5.74, 6) is 0.894. The fourth-order valence-corrected chi connectivity index (χ4v) is 2.05. The van der Waals surface area contributed by atoms with Gasteiger partial charge in [0.2, 0.25) is 0 Å². The lowest BCUT2D eigenvalue weighted by atomic mass is 10.2. The number of anilines is 1. The van der Waals surface area contributed by atoms with Crippen molar-refractivity contribution in [3.63, 3.8) is 0 Å². The molecule has 1 fully saturated rings. The van der Waals surface area contributed by atoms with Gasteiger partial charge >= 0.3 is 0 Å². The Bertz CT molecular complexity index is 352. The van der Waals surface area contributed by atoms with Gasteiger partial charge in [-0.1, -0.05) is 6.07 Å². The molecular formula is C13H19NO2. The molecule has 0 bridgehead atoms. The van der Waals surface area contributed by atoms with E-state index < -0.39 is 0 Å². The molecule has 88 valence electrons. The summed E-state index contributed by atoms with van der Waals surface area (Å²) < 4.78 is 5.85. The van der Waals surface area contributed by atoms with Crippen LogP contribution in [0.5, 0.6) is 5.75 Å². The minimum atomic E-state index is -0.179. The minimum Gasteiger partial charge on any atom is -0.490 e. The molecular weight excluding hydrogens is 202 g/mol. The monoisotopic (exact) mass is 221 g/mol. The quantitative estimate of drug-likeness (QED) is 0.848. The molecule has 1 aromatic rings. The van der Waals surface area contributed by atoms with Crippen molar-refractivity contribution in [1.29, 1.82) is 0 Å². The fraction of sp³-hybridized carbons (Fsp3) is 0.538. The van der Waals surface area contributed by atoms with Crippen molar-refractivity contribution in [2.45, 2.75) is 31.5 Å².